The fraction of sp³-hybridized carbons (Fsp3) is 0.412. The predicted octanol–water partition coefficient (Wildman–Crippen LogP) is 0.571. The van der Waals surface area contributed by atoms with E-state index in [9.17, 15) is 14.4 Å². The minimum atomic E-state index is -0.671. The number of carbonyl (C=O) groups is 3. The van der Waals surface area contributed by atoms with Gasteiger partial charge in [0.15, 0.2) is 6.61 Å². The van der Waals surface area contributed by atoms with Gasteiger partial charge < -0.3 is 14.4 Å². The van der Waals surface area contributed by atoms with Crippen molar-refractivity contribution in [2.75, 3.05) is 37.9 Å². The Bertz CT molecular complexity index is 683. The number of benzene rings is 1. The summed E-state index contributed by atoms with van der Waals surface area (Å²) in [4.78, 5) is 37.8. The predicted molar refractivity (Wildman–Crippen MR) is 89.0 cm³/mol. The van der Waals surface area contributed by atoms with Crippen molar-refractivity contribution in [2.24, 2.45) is 5.10 Å². The summed E-state index contributed by atoms with van der Waals surface area (Å²) in [6.07, 6.45) is 0.368. The molecule has 0 bridgehead atoms. The van der Waals surface area contributed by atoms with Crippen molar-refractivity contribution in [3.63, 3.8) is 0 Å². The number of ether oxygens (including phenoxy) is 2. The summed E-state index contributed by atoms with van der Waals surface area (Å²) in [5.74, 6) is -1.12. The molecule has 8 heteroatoms. The summed E-state index contributed by atoms with van der Waals surface area (Å²) in [7, 11) is 0. The van der Waals surface area contributed by atoms with E-state index < -0.39 is 5.97 Å². The standard InChI is InChI=1S/C17H19N3O5/c21-15-7-6-14(18-20(15)13-4-2-1-3-5-13)17(23)25-12-16(22)19-8-10-24-11-9-19/h1-5H,6-12H2. The molecule has 2 aliphatic rings. The fourth-order valence-electron chi connectivity index (χ4n) is 2.59. The van der Waals surface area contributed by atoms with Gasteiger partial charge in [-0.2, -0.15) is 5.10 Å². The molecule has 0 saturated carbocycles. The molecule has 0 spiro atoms. The molecular weight excluding hydrogens is 326 g/mol. The monoisotopic (exact) mass is 345 g/mol. The average Bonchev–Trinajstić information content (AvgIpc) is 2.67. The maximum absolute atomic E-state index is 12.2. The summed E-state index contributed by atoms with van der Waals surface area (Å²) in [5, 5.41) is 5.30. The third-order valence-corrected chi connectivity index (χ3v) is 3.96. The molecule has 8 nitrogen and oxygen atoms in total. The van der Waals surface area contributed by atoms with E-state index in [0.29, 0.717) is 32.0 Å². The zero-order valence-corrected chi connectivity index (χ0v) is 13.7. The van der Waals surface area contributed by atoms with Crippen molar-refractivity contribution in [3.05, 3.63) is 30.3 Å². The van der Waals surface area contributed by atoms with E-state index in [4.69, 9.17) is 9.47 Å². The number of morpholine rings is 1. The Morgan fingerprint density at radius 3 is 2.56 bits per heavy atom. The number of hydrogen-bond acceptors (Lipinski definition) is 6. The Labute approximate surface area is 145 Å². The Morgan fingerprint density at radius 1 is 1.12 bits per heavy atom. The van der Waals surface area contributed by atoms with E-state index in [0.717, 1.165) is 0 Å². The molecule has 1 saturated heterocycles. The number of anilines is 1. The van der Waals surface area contributed by atoms with Crippen LogP contribution < -0.4 is 5.01 Å². The third kappa shape index (κ3) is 4.21. The maximum Gasteiger partial charge on any atom is 0.355 e. The number of hydrazone groups is 1. The molecule has 0 unspecified atom stereocenters. The molecule has 1 aromatic rings. The van der Waals surface area contributed by atoms with Crippen LogP contribution in [0, 0.1) is 0 Å². The molecule has 1 fully saturated rings. The Balaban J connectivity index is 1.61. The Kier molecular flexibility index (Phi) is 5.39. The van der Waals surface area contributed by atoms with Crippen molar-refractivity contribution in [2.45, 2.75) is 12.8 Å². The average molecular weight is 345 g/mol. The van der Waals surface area contributed by atoms with Crippen molar-refractivity contribution < 1.29 is 23.9 Å². The van der Waals surface area contributed by atoms with Gasteiger partial charge in [0.2, 0.25) is 5.91 Å². The van der Waals surface area contributed by atoms with Gasteiger partial charge in [-0.15, -0.1) is 0 Å². The molecule has 2 aliphatic heterocycles. The lowest BCUT2D eigenvalue weighted by Crippen LogP contribution is -2.43. The highest BCUT2D eigenvalue weighted by molar-refractivity contribution is 6.38. The van der Waals surface area contributed by atoms with Crippen LogP contribution in [0.15, 0.2) is 35.4 Å². The van der Waals surface area contributed by atoms with Crippen LogP contribution in [0.25, 0.3) is 0 Å². The SMILES string of the molecule is O=C(OCC(=O)N1CCOCC1)C1=NN(c2ccccc2)C(=O)CC1. The number of amides is 2. The topological polar surface area (TPSA) is 88.5 Å². The molecule has 132 valence electrons. The highest BCUT2D eigenvalue weighted by atomic mass is 16.5. The summed E-state index contributed by atoms with van der Waals surface area (Å²) < 4.78 is 10.3. The van der Waals surface area contributed by atoms with E-state index in [-0.39, 0.29) is 37.0 Å². The van der Waals surface area contributed by atoms with Crippen molar-refractivity contribution in [1.82, 2.24) is 4.90 Å². The highest BCUT2D eigenvalue weighted by Gasteiger charge is 2.27. The summed E-state index contributed by atoms with van der Waals surface area (Å²) in [5.41, 5.74) is 0.722. The molecular formula is C17H19N3O5. The largest absolute Gasteiger partial charge is 0.451 e. The highest BCUT2D eigenvalue weighted by Crippen LogP contribution is 2.20. The molecule has 0 aliphatic carbocycles. The molecule has 2 amide bonds. The van der Waals surface area contributed by atoms with Crippen molar-refractivity contribution in [1.29, 1.82) is 0 Å². The van der Waals surface area contributed by atoms with Crippen LogP contribution in [-0.2, 0) is 23.9 Å². The fourth-order valence-corrected chi connectivity index (χ4v) is 2.59. The molecule has 3 rings (SSSR count). The first-order chi connectivity index (χ1) is 12.1. The number of carbonyl (C=O) groups excluding carboxylic acids is 3. The quantitative estimate of drug-likeness (QED) is 0.745. The van der Waals surface area contributed by atoms with Crippen LogP contribution in [0.4, 0.5) is 5.69 Å². The molecule has 0 radical (unpaired) electrons. The Morgan fingerprint density at radius 2 is 1.84 bits per heavy atom. The minimum absolute atomic E-state index is 0.137. The van der Waals surface area contributed by atoms with Gasteiger partial charge in [-0.25, -0.2) is 9.80 Å². The molecule has 0 atom stereocenters. The third-order valence-electron chi connectivity index (χ3n) is 3.96. The zero-order valence-electron chi connectivity index (χ0n) is 13.7. The van der Waals surface area contributed by atoms with Gasteiger partial charge >= 0.3 is 5.97 Å². The molecule has 1 aromatic carbocycles. The van der Waals surface area contributed by atoms with Gasteiger partial charge in [-0.05, 0) is 12.1 Å². The second kappa shape index (κ2) is 7.89. The number of nitrogens with zero attached hydrogens (tertiary/aromatic N) is 3. The van der Waals surface area contributed by atoms with Crippen LogP contribution in [0.5, 0.6) is 0 Å². The molecule has 0 aromatic heterocycles. The van der Waals surface area contributed by atoms with Crippen LogP contribution in [0.3, 0.4) is 0 Å². The van der Waals surface area contributed by atoms with Crippen LogP contribution in [0.2, 0.25) is 0 Å². The van der Waals surface area contributed by atoms with Crippen LogP contribution in [-0.4, -0.2) is 61.3 Å². The minimum Gasteiger partial charge on any atom is -0.451 e. The summed E-state index contributed by atoms with van der Waals surface area (Å²) >= 11 is 0. The second-order valence-electron chi connectivity index (χ2n) is 5.66. The van der Waals surface area contributed by atoms with Gasteiger partial charge in [0.1, 0.15) is 5.71 Å². The smallest absolute Gasteiger partial charge is 0.355 e. The van der Waals surface area contributed by atoms with E-state index in [2.05, 4.69) is 5.10 Å². The van der Waals surface area contributed by atoms with Gasteiger partial charge in [-0.1, -0.05) is 18.2 Å². The normalized spacial score (nSPS) is 17.9. The van der Waals surface area contributed by atoms with Crippen LogP contribution >= 0.6 is 0 Å². The van der Waals surface area contributed by atoms with Crippen LogP contribution in [0.1, 0.15) is 12.8 Å². The van der Waals surface area contributed by atoms with E-state index in [1.807, 2.05) is 6.07 Å². The number of para-hydroxylation sites is 1. The van der Waals surface area contributed by atoms with E-state index in [1.54, 1.807) is 29.2 Å². The lowest BCUT2D eigenvalue weighted by atomic mass is 10.1. The molecule has 2 heterocycles. The van der Waals surface area contributed by atoms with Gasteiger partial charge in [-0.3, -0.25) is 9.59 Å². The lowest BCUT2D eigenvalue weighted by molar-refractivity contribution is -0.149. The maximum atomic E-state index is 12.2. The number of esters is 1. The Hall–Kier alpha value is -2.74. The van der Waals surface area contributed by atoms with E-state index >= 15 is 0 Å². The molecule has 0 N–H and O–H groups in total. The summed E-state index contributed by atoms with van der Waals surface area (Å²) in [6, 6.07) is 8.86. The lowest BCUT2D eigenvalue weighted by Gasteiger charge is -2.26. The zero-order chi connectivity index (χ0) is 17.6. The first-order valence-corrected chi connectivity index (χ1v) is 8.13. The van der Waals surface area contributed by atoms with Gasteiger partial charge in [0.25, 0.3) is 5.91 Å². The summed E-state index contributed by atoms with van der Waals surface area (Å²) in [6.45, 7) is 1.62. The molecule has 25 heavy (non-hydrogen) atoms. The second-order valence-corrected chi connectivity index (χ2v) is 5.66. The first-order valence-electron chi connectivity index (χ1n) is 8.13. The number of rotatable bonds is 4. The number of hydrogen-bond donors (Lipinski definition) is 0. The van der Waals surface area contributed by atoms with Gasteiger partial charge in [0, 0.05) is 25.9 Å². The van der Waals surface area contributed by atoms with Crippen molar-refractivity contribution in [3.8, 4) is 0 Å². The van der Waals surface area contributed by atoms with Gasteiger partial charge in [0.05, 0.1) is 18.9 Å². The first kappa shape index (κ1) is 17.1. The van der Waals surface area contributed by atoms with E-state index in [1.165, 1.54) is 5.01 Å². The van der Waals surface area contributed by atoms with Crippen molar-refractivity contribution >= 4 is 29.2 Å².